The van der Waals surface area contributed by atoms with Gasteiger partial charge in [-0.3, -0.25) is 9.59 Å². The molecule has 0 aromatic heterocycles. The van der Waals surface area contributed by atoms with E-state index >= 15 is 0 Å². The van der Waals surface area contributed by atoms with Crippen LogP contribution in [-0.2, 0) is 14.3 Å². The number of hydrogen-bond donors (Lipinski definition) is 1. The monoisotopic (exact) mass is 408 g/mol. The van der Waals surface area contributed by atoms with Gasteiger partial charge in [-0.05, 0) is 36.6 Å². The second-order valence-corrected chi connectivity index (χ2v) is 8.36. The van der Waals surface area contributed by atoms with Crippen molar-refractivity contribution in [3.63, 3.8) is 0 Å². The maximum atomic E-state index is 12.7. The summed E-state index contributed by atoms with van der Waals surface area (Å²) in [5.74, 6) is 0.950. The lowest BCUT2D eigenvalue weighted by Crippen LogP contribution is -2.58. The van der Waals surface area contributed by atoms with E-state index in [2.05, 4.69) is 0 Å². The van der Waals surface area contributed by atoms with Crippen LogP contribution in [0.4, 0.5) is 0 Å². The van der Waals surface area contributed by atoms with Crippen LogP contribution in [-0.4, -0.2) is 48.6 Å². The van der Waals surface area contributed by atoms with Crippen LogP contribution in [0.3, 0.4) is 0 Å². The number of rotatable bonds is 8. The third-order valence-corrected chi connectivity index (χ3v) is 5.91. The summed E-state index contributed by atoms with van der Waals surface area (Å²) < 4.78 is 11.8. The lowest BCUT2D eigenvalue weighted by Gasteiger charge is -2.42. The van der Waals surface area contributed by atoms with Gasteiger partial charge in [0.2, 0.25) is 11.8 Å². The second kappa shape index (κ2) is 9.61. The van der Waals surface area contributed by atoms with Crippen LogP contribution < -0.4 is 10.5 Å². The predicted octanol–water partition coefficient (Wildman–Crippen LogP) is 3.16. The zero-order chi connectivity index (χ0) is 20.0. The highest BCUT2D eigenvalue weighted by molar-refractivity contribution is 6.30. The van der Waals surface area contributed by atoms with Gasteiger partial charge in [-0.25, -0.2) is 0 Å². The van der Waals surface area contributed by atoms with Gasteiger partial charge < -0.3 is 20.1 Å². The van der Waals surface area contributed by atoms with Crippen molar-refractivity contribution in [2.45, 2.75) is 50.5 Å². The summed E-state index contributed by atoms with van der Waals surface area (Å²) in [5.41, 5.74) is 4.54. The molecule has 1 aliphatic carbocycles. The van der Waals surface area contributed by atoms with Crippen molar-refractivity contribution in [2.24, 2.45) is 11.7 Å². The first-order valence-corrected chi connectivity index (χ1v) is 10.4. The van der Waals surface area contributed by atoms with Crippen LogP contribution in [0.2, 0.25) is 5.02 Å². The Bertz CT molecular complexity index is 675. The number of morpholine rings is 1. The van der Waals surface area contributed by atoms with E-state index in [-0.39, 0.29) is 18.9 Å². The fraction of sp³-hybridized carbons (Fsp3) is 0.619. The van der Waals surface area contributed by atoms with E-state index < -0.39 is 11.5 Å². The van der Waals surface area contributed by atoms with Gasteiger partial charge in [-0.15, -0.1) is 0 Å². The summed E-state index contributed by atoms with van der Waals surface area (Å²) in [6.45, 7) is 1.36. The Kier molecular flexibility index (Phi) is 7.18. The van der Waals surface area contributed by atoms with Crippen LogP contribution in [0.15, 0.2) is 24.3 Å². The second-order valence-electron chi connectivity index (χ2n) is 7.92. The van der Waals surface area contributed by atoms with Gasteiger partial charge in [0.05, 0.1) is 19.6 Å². The van der Waals surface area contributed by atoms with Gasteiger partial charge in [0.25, 0.3) is 0 Å². The van der Waals surface area contributed by atoms with Crippen molar-refractivity contribution in [3.8, 4) is 5.75 Å². The molecule has 0 unspecified atom stereocenters. The quantitative estimate of drug-likeness (QED) is 0.716. The molecule has 0 bridgehead atoms. The number of amides is 2. The standard InChI is InChI=1S/C21H29ClN2O4/c22-17-6-8-18(9-7-17)27-15-21(13-19(23)25)14-24(11-12-28-21)20(26)10-5-16-3-1-2-4-16/h6-9,16H,1-5,10-15H2,(H2,23,25)/t21-/m0/s1. The molecule has 1 heterocycles. The zero-order valence-electron chi connectivity index (χ0n) is 16.2. The highest BCUT2D eigenvalue weighted by Gasteiger charge is 2.40. The molecule has 1 aromatic rings. The Balaban J connectivity index is 1.60. The number of nitrogens with two attached hydrogens (primary N) is 1. The zero-order valence-corrected chi connectivity index (χ0v) is 17.0. The van der Waals surface area contributed by atoms with Crippen molar-refractivity contribution in [1.82, 2.24) is 4.90 Å². The van der Waals surface area contributed by atoms with E-state index in [4.69, 9.17) is 26.8 Å². The topological polar surface area (TPSA) is 81.9 Å². The van der Waals surface area contributed by atoms with E-state index in [1.807, 2.05) is 0 Å². The number of carbonyl (C=O) groups excluding carboxylic acids is 2. The molecule has 2 fully saturated rings. The molecule has 3 rings (SSSR count). The van der Waals surface area contributed by atoms with Crippen molar-refractivity contribution in [1.29, 1.82) is 0 Å². The Hall–Kier alpha value is -1.79. The average Bonchev–Trinajstić information content (AvgIpc) is 3.19. The molecule has 6 nitrogen and oxygen atoms in total. The highest BCUT2D eigenvalue weighted by Crippen LogP contribution is 2.30. The lowest BCUT2D eigenvalue weighted by molar-refractivity contribution is -0.162. The summed E-state index contributed by atoms with van der Waals surface area (Å²) in [5, 5.41) is 0.618. The summed E-state index contributed by atoms with van der Waals surface area (Å²) in [7, 11) is 0. The van der Waals surface area contributed by atoms with E-state index in [9.17, 15) is 9.59 Å². The average molecular weight is 409 g/mol. The van der Waals surface area contributed by atoms with Gasteiger partial charge >= 0.3 is 0 Å². The molecule has 1 saturated heterocycles. The minimum atomic E-state index is -0.924. The van der Waals surface area contributed by atoms with Crippen molar-refractivity contribution < 1.29 is 19.1 Å². The maximum absolute atomic E-state index is 12.7. The number of ether oxygens (including phenoxy) is 2. The number of benzene rings is 1. The van der Waals surface area contributed by atoms with Gasteiger partial charge in [-0.1, -0.05) is 37.3 Å². The van der Waals surface area contributed by atoms with Gasteiger partial charge in [0, 0.05) is 18.0 Å². The van der Waals surface area contributed by atoms with E-state index in [0.29, 0.717) is 42.8 Å². The highest BCUT2D eigenvalue weighted by atomic mass is 35.5. The fourth-order valence-electron chi connectivity index (χ4n) is 4.15. The molecule has 2 aliphatic rings. The smallest absolute Gasteiger partial charge is 0.222 e. The number of primary amides is 1. The molecule has 7 heteroatoms. The largest absolute Gasteiger partial charge is 0.490 e. The van der Waals surface area contributed by atoms with Gasteiger partial charge in [-0.2, -0.15) is 0 Å². The molecule has 1 aliphatic heterocycles. The van der Waals surface area contributed by atoms with Gasteiger partial charge in [0.15, 0.2) is 0 Å². The molecule has 28 heavy (non-hydrogen) atoms. The molecule has 2 N–H and O–H groups in total. The maximum Gasteiger partial charge on any atom is 0.222 e. The Labute approximate surface area is 171 Å². The van der Waals surface area contributed by atoms with Crippen LogP contribution in [0.25, 0.3) is 0 Å². The predicted molar refractivity (Wildman–Crippen MR) is 107 cm³/mol. The Morgan fingerprint density at radius 2 is 1.96 bits per heavy atom. The van der Waals surface area contributed by atoms with Crippen LogP contribution in [0.1, 0.15) is 44.9 Å². The Morgan fingerprint density at radius 1 is 1.25 bits per heavy atom. The molecular formula is C21H29ClN2O4. The van der Waals surface area contributed by atoms with Crippen LogP contribution in [0, 0.1) is 5.92 Å². The number of nitrogens with zero attached hydrogens (tertiary/aromatic N) is 1. The van der Waals surface area contributed by atoms with Crippen molar-refractivity contribution in [3.05, 3.63) is 29.3 Å². The van der Waals surface area contributed by atoms with Crippen LogP contribution in [0.5, 0.6) is 5.75 Å². The Morgan fingerprint density at radius 3 is 2.64 bits per heavy atom. The van der Waals surface area contributed by atoms with Crippen molar-refractivity contribution in [2.75, 3.05) is 26.3 Å². The summed E-state index contributed by atoms with van der Waals surface area (Å²) in [6.07, 6.45) is 6.52. The van der Waals surface area contributed by atoms with E-state index in [1.54, 1.807) is 29.2 Å². The number of halogens is 1. The third-order valence-electron chi connectivity index (χ3n) is 5.65. The molecule has 1 atom stereocenters. The van der Waals surface area contributed by atoms with Gasteiger partial charge in [0.1, 0.15) is 18.0 Å². The molecule has 2 amide bonds. The minimum absolute atomic E-state index is 0.00694. The summed E-state index contributed by atoms with van der Waals surface area (Å²) in [6, 6.07) is 6.98. The van der Waals surface area contributed by atoms with E-state index in [1.165, 1.54) is 25.7 Å². The third kappa shape index (κ3) is 5.85. The van der Waals surface area contributed by atoms with Crippen molar-refractivity contribution >= 4 is 23.4 Å². The first-order valence-electron chi connectivity index (χ1n) is 10.0. The summed E-state index contributed by atoms with van der Waals surface area (Å²) >= 11 is 5.90. The minimum Gasteiger partial charge on any atom is -0.490 e. The molecule has 1 aromatic carbocycles. The van der Waals surface area contributed by atoms with Crippen LogP contribution >= 0.6 is 11.6 Å². The number of carbonyl (C=O) groups is 2. The SMILES string of the molecule is NC(=O)C[C@@]1(COc2ccc(Cl)cc2)CN(C(=O)CCC2CCCC2)CCO1. The molecule has 1 saturated carbocycles. The molecular weight excluding hydrogens is 380 g/mol. The first-order chi connectivity index (χ1) is 13.5. The molecule has 154 valence electrons. The molecule has 0 spiro atoms. The lowest BCUT2D eigenvalue weighted by atomic mass is 9.96. The van der Waals surface area contributed by atoms with E-state index in [0.717, 1.165) is 6.42 Å². The molecule has 0 radical (unpaired) electrons. The summed E-state index contributed by atoms with van der Waals surface area (Å²) in [4.78, 5) is 26.2. The normalized spacial score (nSPS) is 23.0. The number of hydrogen-bond acceptors (Lipinski definition) is 4. The fourth-order valence-corrected chi connectivity index (χ4v) is 4.28. The first kappa shape index (κ1) is 20.9.